The van der Waals surface area contributed by atoms with E-state index in [9.17, 15) is 12.8 Å². The molecule has 7 heteroatoms. The molecule has 0 fully saturated rings. The second kappa shape index (κ2) is 7.89. The smallest absolute Gasteiger partial charge is 0.261 e. The summed E-state index contributed by atoms with van der Waals surface area (Å²) in [6, 6.07) is 21.1. The zero-order chi connectivity index (χ0) is 20.3. The Bertz CT molecular complexity index is 1260. The first kappa shape index (κ1) is 18.9. The summed E-state index contributed by atoms with van der Waals surface area (Å²) in [5, 5.41) is 0.978. The molecule has 0 bridgehead atoms. The first-order chi connectivity index (χ1) is 14.0. The van der Waals surface area contributed by atoms with Gasteiger partial charge in [0.05, 0.1) is 10.4 Å². The molecule has 0 amide bonds. The minimum Gasteiger partial charge on any atom is -0.489 e. The van der Waals surface area contributed by atoms with E-state index >= 15 is 0 Å². The molecule has 29 heavy (non-hydrogen) atoms. The van der Waals surface area contributed by atoms with Gasteiger partial charge in [0.2, 0.25) is 0 Å². The van der Waals surface area contributed by atoms with Gasteiger partial charge in [-0.2, -0.15) is 0 Å². The normalized spacial score (nSPS) is 11.3. The average molecular weight is 408 g/mol. The van der Waals surface area contributed by atoms with Gasteiger partial charge in [0.15, 0.2) is 0 Å². The molecule has 0 unspecified atom stereocenters. The highest BCUT2D eigenvalue weighted by atomic mass is 32.2. The topological polar surface area (TPSA) is 68.3 Å². The summed E-state index contributed by atoms with van der Waals surface area (Å²) in [6.07, 6.45) is 1.74. The lowest BCUT2D eigenvalue weighted by Crippen LogP contribution is -2.13. The third kappa shape index (κ3) is 4.52. The van der Waals surface area contributed by atoms with E-state index in [1.165, 1.54) is 12.1 Å². The van der Waals surface area contributed by atoms with Crippen LogP contribution in [0.25, 0.3) is 10.9 Å². The van der Waals surface area contributed by atoms with Gasteiger partial charge in [-0.3, -0.25) is 9.71 Å². The number of hydrogen-bond acceptors (Lipinski definition) is 4. The van der Waals surface area contributed by atoms with Gasteiger partial charge in [0, 0.05) is 17.3 Å². The van der Waals surface area contributed by atoms with Crippen molar-refractivity contribution >= 4 is 26.6 Å². The largest absolute Gasteiger partial charge is 0.489 e. The van der Waals surface area contributed by atoms with Crippen LogP contribution in [0, 0.1) is 5.82 Å². The van der Waals surface area contributed by atoms with Crippen molar-refractivity contribution in [1.29, 1.82) is 0 Å². The van der Waals surface area contributed by atoms with E-state index < -0.39 is 15.8 Å². The molecule has 0 spiro atoms. The van der Waals surface area contributed by atoms with Crippen LogP contribution < -0.4 is 9.46 Å². The van der Waals surface area contributed by atoms with Crippen LogP contribution in [-0.4, -0.2) is 13.4 Å². The van der Waals surface area contributed by atoms with Gasteiger partial charge in [-0.05, 0) is 66.2 Å². The van der Waals surface area contributed by atoms with Crippen LogP contribution in [0.3, 0.4) is 0 Å². The zero-order valence-electron chi connectivity index (χ0n) is 15.2. The summed E-state index contributed by atoms with van der Waals surface area (Å²) in [6.45, 7) is 0.276. The molecule has 0 saturated heterocycles. The van der Waals surface area contributed by atoms with E-state index in [2.05, 4.69) is 9.71 Å². The van der Waals surface area contributed by atoms with Crippen molar-refractivity contribution in [2.75, 3.05) is 4.72 Å². The van der Waals surface area contributed by atoms with Gasteiger partial charge in [0.1, 0.15) is 18.2 Å². The van der Waals surface area contributed by atoms with Crippen LogP contribution in [-0.2, 0) is 16.6 Å². The molecule has 1 heterocycles. The van der Waals surface area contributed by atoms with Crippen molar-refractivity contribution in [1.82, 2.24) is 4.98 Å². The Labute approximate surface area is 167 Å². The zero-order valence-corrected chi connectivity index (χ0v) is 16.1. The molecular weight excluding hydrogens is 391 g/mol. The monoisotopic (exact) mass is 408 g/mol. The second-order valence-corrected chi connectivity index (χ2v) is 8.09. The molecule has 0 saturated carbocycles. The van der Waals surface area contributed by atoms with Crippen LogP contribution in [0.4, 0.5) is 10.1 Å². The van der Waals surface area contributed by atoms with E-state index in [-0.39, 0.29) is 11.5 Å². The fraction of sp³-hybridized carbons (Fsp3) is 0.0455. The Kier molecular flexibility index (Phi) is 5.14. The molecular formula is C22H17FN2O3S. The minimum absolute atomic E-state index is 0.00896. The van der Waals surface area contributed by atoms with Gasteiger partial charge >= 0.3 is 0 Å². The Balaban J connectivity index is 1.47. The SMILES string of the molecule is O=S(=O)(Nc1cccc(COc2ccc3ncccc3c2)c1)c1ccc(F)cc1. The van der Waals surface area contributed by atoms with Crippen LogP contribution in [0.2, 0.25) is 0 Å². The molecule has 0 aliphatic heterocycles. The summed E-state index contributed by atoms with van der Waals surface area (Å²) in [7, 11) is -3.80. The number of ether oxygens (including phenoxy) is 1. The molecule has 146 valence electrons. The van der Waals surface area contributed by atoms with E-state index in [0.29, 0.717) is 11.4 Å². The highest BCUT2D eigenvalue weighted by Gasteiger charge is 2.14. The Morgan fingerprint density at radius 1 is 0.931 bits per heavy atom. The average Bonchev–Trinajstić information content (AvgIpc) is 2.72. The highest BCUT2D eigenvalue weighted by molar-refractivity contribution is 7.92. The number of benzene rings is 3. The van der Waals surface area contributed by atoms with E-state index in [1.807, 2.05) is 36.4 Å². The minimum atomic E-state index is -3.80. The Hall–Kier alpha value is -3.45. The summed E-state index contributed by atoms with van der Waals surface area (Å²) in [4.78, 5) is 4.27. The Morgan fingerprint density at radius 2 is 1.76 bits per heavy atom. The number of nitrogens with zero attached hydrogens (tertiary/aromatic N) is 1. The predicted molar refractivity (Wildman–Crippen MR) is 110 cm³/mol. The molecule has 0 aliphatic rings. The molecule has 0 atom stereocenters. The third-order valence-electron chi connectivity index (χ3n) is 4.28. The number of aromatic nitrogens is 1. The summed E-state index contributed by atoms with van der Waals surface area (Å²) in [5.74, 6) is 0.204. The summed E-state index contributed by atoms with van der Waals surface area (Å²) >= 11 is 0. The maximum absolute atomic E-state index is 13.0. The van der Waals surface area contributed by atoms with Crippen molar-refractivity contribution in [3.05, 3.63) is 96.4 Å². The molecule has 1 aromatic heterocycles. The number of pyridine rings is 1. The van der Waals surface area contributed by atoms with Crippen molar-refractivity contribution in [2.24, 2.45) is 0 Å². The molecule has 5 nitrogen and oxygen atoms in total. The number of sulfonamides is 1. The van der Waals surface area contributed by atoms with Gasteiger partial charge in [0.25, 0.3) is 10.0 Å². The van der Waals surface area contributed by atoms with Gasteiger partial charge in [-0.1, -0.05) is 18.2 Å². The summed E-state index contributed by atoms with van der Waals surface area (Å²) in [5.41, 5.74) is 2.09. The number of fused-ring (bicyclic) bond motifs is 1. The Morgan fingerprint density at radius 3 is 2.59 bits per heavy atom. The number of rotatable bonds is 6. The predicted octanol–water partition coefficient (Wildman–Crippen LogP) is 4.75. The van der Waals surface area contributed by atoms with Crippen LogP contribution in [0.1, 0.15) is 5.56 Å². The fourth-order valence-corrected chi connectivity index (χ4v) is 3.91. The van der Waals surface area contributed by atoms with E-state index in [1.54, 1.807) is 24.4 Å². The van der Waals surface area contributed by atoms with Crippen LogP contribution in [0.15, 0.2) is 90.0 Å². The molecule has 1 N–H and O–H groups in total. The van der Waals surface area contributed by atoms with Gasteiger partial charge < -0.3 is 4.74 Å². The molecule has 3 aromatic carbocycles. The molecule has 0 radical (unpaired) electrons. The van der Waals surface area contributed by atoms with Crippen molar-refractivity contribution < 1.29 is 17.5 Å². The lowest BCUT2D eigenvalue weighted by molar-refractivity contribution is 0.306. The van der Waals surface area contributed by atoms with E-state index in [0.717, 1.165) is 28.6 Å². The van der Waals surface area contributed by atoms with Gasteiger partial charge in [-0.15, -0.1) is 0 Å². The van der Waals surface area contributed by atoms with Crippen LogP contribution >= 0.6 is 0 Å². The van der Waals surface area contributed by atoms with E-state index in [4.69, 9.17) is 4.74 Å². The number of hydrogen-bond donors (Lipinski definition) is 1. The first-order valence-corrected chi connectivity index (χ1v) is 10.3. The van der Waals surface area contributed by atoms with Gasteiger partial charge in [-0.25, -0.2) is 12.8 Å². The number of anilines is 1. The molecule has 0 aliphatic carbocycles. The maximum atomic E-state index is 13.0. The first-order valence-electron chi connectivity index (χ1n) is 8.84. The molecule has 4 rings (SSSR count). The maximum Gasteiger partial charge on any atom is 0.261 e. The standard InChI is InChI=1S/C22H17FN2O3S/c23-18-6-9-21(10-7-18)29(26,27)25-19-5-1-3-16(13-19)15-28-20-8-11-22-17(14-20)4-2-12-24-22/h1-14,25H,15H2. The molecule has 4 aromatic rings. The highest BCUT2D eigenvalue weighted by Crippen LogP contribution is 2.22. The number of nitrogens with one attached hydrogen (secondary N) is 1. The van der Waals surface area contributed by atoms with Crippen molar-refractivity contribution in [3.8, 4) is 5.75 Å². The summed E-state index contributed by atoms with van der Waals surface area (Å²) < 4.78 is 46.3. The lowest BCUT2D eigenvalue weighted by Gasteiger charge is -2.11. The quantitative estimate of drug-likeness (QED) is 0.500. The lowest BCUT2D eigenvalue weighted by atomic mass is 10.2. The second-order valence-electron chi connectivity index (χ2n) is 6.41. The number of halogens is 1. The van der Waals surface area contributed by atoms with Crippen LogP contribution in [0.5, 0.6) is 5.75 Å². The van der Waals surface area contributed by atoms with Crippen molar-refractivity contribution in [2.45, 2.75) is 11.5 Å². The van der Waals surface area contributed by atoms with Crippen molar-refractivity contribution in [3.63, 3.8) is 0 Å². The fourth-order valence-electron chi connectivity index (χ4n) is 2.86. The third-order valence-corrected chi connectivity index (χ3v) is 5.68.